The second kappa shape index (κ2) is 7.20. The van der Waals surface area contributed by atoms with Crippen molar-refractivity contribution in [1.29, 1.82) is 0 Å². The maximum atomic E-state index is 12.9. The summed E-state index contributed by atoms with van der Waals surface area (Å²) in [5.74, 6) is -0.218. The summed E-state index contributed by atoms with van der Waals surface area (Å²) in [6.45, 7) is 2.81. The van der Waals surface area contributed by atoms with Gasteiger partial charge in [0, 0.05) is 19.3 Å². The van der Waals surface area contributed by atoms with Crippen molar-refractivity contribution in [1.82, 2.24) is 19.9 Å². The van der Waals surface area contributed by atoms with E-state index in [1.165, 1.54) is 10.5 Å². The number of ether oxygens (including phenoxy) is 1. The van der Waals surface area contributed by atoms with Gasteiger partial charge in [-0.15, -0.1) is 10.2 Å². The quantitative estimate of drug-likeness (QED) is 0.815. The fourth-order valence-electron chi connectivity index (χ4n) is 2.49. The summed E-state index contributed by atoms with van der Waals surface area (Å²) < 4.78 is 45.3. The second-order valence-corrected chi connectivity index (χ2v) is 7.07. The van der Waals surface area contributed by atoms with Crippen LogP contribution in [0.4, 0.5) is 13.2 Å². The van der Waals surface area contributed by atoms with Crippen LogP contribution in [0.2, 0.25) is 0 Å². The Balaban J connectivity index is 1.67. The Kier molecular flexibility index (Phi) is 5.19. The zero-order valence-corrected chi connectivity index (χ0v) is 14.2. The Morgan fingerprint density at radius 1 is 1.48 bits per heavy atom. The van der Waals surface area contributed by atoms with Gasteiger partial charge >= 0.3 is 6.18 Å². The van der Waals surface area contributed by atoms with Gasteiger partial charge < -0.3 is 10.1 Å². The summed E-state index contributed by atoms with van der Waals surface area (Å²) in [6.07, 6.45) is -1.58. The molecule has 0 radical (unpaired) electrons. The van der Waals surface area contributed by atoms with E-state index < -0.39 is 17.0 Å². The van der Waals surface area contributed by atoms with Crippen molar-refractivity contribution in [2.75, 3.05) is 13.2 Å². The Bertz CT molecular complexity index is 759. The van der Waals surface area contributed by atoms with Crippen molar-refractivity contribution in [3.8, 4) is 0 Å². The van der Waals surface area contributed by atoms with Gasteiger partial charge in [-0.25, -0.2) is 0 Å². The fraction of sp³-hybridized carbons (Fsp3) is 0.533. The molecule has 10 heteroatoms. The highest BCUT2D eigenvalue weighted by Gasteiger charge is 2.31. The van der Waals surface area contributed by atoms with Gasteiger partial charge in [0.2, 0.25) is 5.91 Å². The van der Waals surface area contributed by atoms with Gasteiger partial charge in [-0.1, -0.05) is 11.8 Å². The molecule has 0 saturated carbocycles. The van der Waals surface area contributed by atoms with Crippen LogP contribution in [0, 0.1) is 0 Å². The van der Waals surface area contributed by atoms with Crippen LogP contribution in [0.15, 0.2) is 23.5 Å². The molecule has 0 spiro atoms. The largest absolute Gasteiger partial charge is 0.417 e. The third-order valence-electron chi connectivity index (χ3n) is 3.88. The van der Waals surface area contributed by atoms with Gasteiger partial charge in [0.1, 0.15) is 0 Å². The summed E-state index contributed by atoms with van der Waals surface area (Å²) >= 11 is 1.06. The SMILES string of the molecule is C[C@H](Sc1nnc2ccc(C(F)(F)F)cn12)C(=O)NC[C@H]1CCCO1. The molecule has 0 bridgehead atoms. The zero-order valence-electron chi connectivity index (χ0n) is 13.4. The molecule has 6 nitrogen and oxygen atoms in total. The monoisotopic (exact) mass is 374 g/mol. The number of carbonyl (C=O) groups is 1. The lowest BCUT2D eigenvalue weighted by Gasteiger charge is -2.14. The normalized spacial score (nSPS) is 19.3. The van der Waals surface area contributed by atoms with E-state index >= 15 is 0 Å². The van der Waals surface area contributed by atoms with Crippen molar-refractivity contribution < 1.29 is 22.7 Å². The van der Waals surface area contributed by atoms with E-state index in [2.05, 4.69) is 15.5 Å². The lowest BCUT2D eigenvalue weighted by atomic mass is 10.2. The van der Waals surface area contributed by atoms with E-state index in [1.54, 1.807) is 6.92 Å². The fourth-order valence-corrected chi connectivity index (χ4v) is 3.35. The molecule has 3 rings (SSSR count). The van der Waals surface area contributed by atoms with E-state index in [0.717, 1.165) is 36.9 Å². The first-order valence-corrected chi connectivity index (χ1v) is 8.70. The van der Waals surface area contributed by atoms with Gasteiger partial charge in [-0.05, 0) is 31.9 Å². The number of amides is 1. The maximum absolute atomic E-state index is 12.9. The zero-order chi connectivity index (χ0) is 18.0. The summed E-state index contributed by atoms with van der Waals surface area (Å²) in [7, 11) is 0. The third kappa shape index (κ3) is 4.24. The first-order chi connectivity index (χ1) is 11.8. The van der Waals surface area contributed by atoms with Crippen molar-refractivity contribution in [2.24, 2.45) is 0 Å². The first kappa shape index (κ1) is 18.0. The van der Waals surface area contributed by atoms with E-state index in [-0.39, 0.29) is 17.2 Å². The molecule has 3 heterocycles. The Morgan fingerprint density at radius 3 is 2.96 bits per heavy atom. The maximum Gasteiger partial charge on any atom is 0.417 e. The summed E-state index contributed by atoms with van der Waals surface area (Å²) in [4.78, 5) is 12.2. The Hall–Kier alpha value is -1.81. The highest BCUT2D eigenvalue weighted by Crippen LogP contribution is 2.30. The smallest absolute Gasteiger partial charge is 0.376 e. The number of hydrogen-bond acceptors (Lipinski definition) is 5. The highest BCUT2D eigenvalue weighted by molar-refractivity contribution is 8.00. The predicted octanol–water partition coefficient (Wildman–Crippen LogP) is 2.52. The highest BCUT2D eigenvalue weighted by atomic mass is 32.2. The molecule has 0 unspecified atom stereocenters. The lowest BCUT2D eigenvalue weighted by Crippen LogP contribution is -2.36. The van der Waals surface area contributed by atoms with Gasteiger partial charge in [-0.2, -0.15) is 13.2 Å². The number of alkyl halides is 3. The summed E-state index contributed by atoms with van der Waals surface area (Å²) in [6, 6.07) is 2.21. The van der Waals surface area contributed by atoms with Crippen LogP contribution >= 0.6 is 11.8 Å². The molecule has 0 aliphatic carbocycles. The minimum atomic E-state index is -4.45. The number of fused-ring (bicyclic) bond motifs is 1. The van der Waals surface area contributed by atoms with Crippen LogP contribution in [0.3, 0.4) is 0 Å². The molecule has 2 atom stereocenters. The number of aromatic nitrogens is 3. The summed E-state index contributed by atoms with van der Waals surface area (Å²) in [5, 5.41) is 10.2. The lowest BCUT2D eigenvalue weighted by molar-refractivity contribution is -0.137. The van der Waals surface area contributed by atoms with E-state index in [1.807, 2.05) is 0 Å². The van der Waals surface area contributed by atoms with Gasteiger partial charge in [0.25, 0.3) is 0 Å². The molecule has 1 saturated heterocycles. The van der Waals surface area contributed by atoms with E-state index in [0.29, 0.717) is 18.8 Å². The molecule has 136 valence electrons. The average Bonchev–Trinajstić information content (AvgIpc) is 3.21. The minimum Gasteiger partial charge on any atom is -0.376 e. The molecule has 1 fully saturated rings. The molecule has 1 aliphatic heterocycles. The van der Waals surface area contributed by atoms with Gasteiger partial charge in [0.15, 0.2) is 10.8 Å². The van der Waals surface area contributed by atoms with Gasteiger partial charge in [-0.3, -0.25) is 9.20 Å². The van der Waals surface area contributed by atoms with Crippen molar-refractivity contribution >= 4 is 23.3 Å². The number of pyridine rings is 1. The van der Waals surface area contributed by atoms with Crippen molar-refractivity contribution in [3.05, 3.63) is 23.9 Å². The van der Waals surface area contributed by atoms with Crippen LogP contribution in [0.25, 0.3) is 5.65 Å². The molecular weight excluding hydrogens is 357 g/mol. The first-order valence-electron chi connectivity index (χ1n) is 7.82. The van der Waals surface area contributed by atoms with Crippen LogP contribution in [0.5, 0.6) is 0 Å². The molecule has 0 aromatic carbocycles. The molecule has 1 aliphatic rings. The van der Waals surface area contributed by atoms with E-state index in [4.69, 9.17) is 4.74 Å². The predicted molar refractivity (Wildman–Crippen MR) is 85.3 cm³/mol. The molecule has 25 heavy (non-hydrogen) atoms. The van der Waals surface area contributed by atoms with E-state index in [9.17, 15) is 18.0 Å². The van der Waals surface area contributed by atoms with Crippen LogP contribution in [-0.4, -0.2) is 45.0 Å². The average molecular weight is 374 g/mol. The third-order valence-corrected chi connectivity index (χ3v) is 4.93. The molecule has 2 aromatic rings. The van der Waals surface area contributed by atoms with Crippen LogP contribution in [0.1, 0.15) is 25.3 Å². The number of nitrogens with one attached hydrogen (secondary N) is 1. The summed E-state index contributed by atoms with van der Waals surface area (Å²) in [5.41, 5.74) is -0.500. The topological polar surface area (TPSA) is 68.5 Å². The number of halogens is 3. The second-order valence-electron chi connectivity index (χ2n) is 5.77. The standard InChI is InChI=1S/C15H17F3N4O2S/c1-9(13(23)19-7-11-3-2-6-24-11)25-14-21-20-12-5-4-10(8-22(12)14)15(16,17)18/h4-5,8-9,11H,2-3,6-7H2,1H3,(H,19,23)/t9-,11+/m0/s1. The number of rotatable bonds is 5. The molecule has 1 amide bonds. The molecular formula is C15H17F3N4O2S. The number of hydrogen-bond donors (Lipinski definition) is 1. The Labute approximate surface area is 146 Å². The van der Waals surface area contributed by atoms with Crippen molar-refractivity contribution in [3.63, 3.8) is 0 Å². The van der Waals surface area contributed by atoms with Gasteiger partial charge in [0.05, 0.1) is 16.9 Å². The minimum absolute atomic E-state index is 0.0319. The van der Waals surface area contributed by atoms with Crippen LogP contribution in [-0.2, 0) is 15.7 Å². The molecule has 1 N–H and O–H groups in total. The Morgan fingerprint density at radius 2 is 2.28 bits per heavy atom. The van der Waals surface area contributed by atoms with Crippen molar-refractivity contribution in [2.45, 2.75) is 42.5 Å². The van der Waals surface area contributed by atoms with Crippen LogP contribution < -0.4 is 5.32 Å². The number of carbonyl (C=O) groups excluding carboxylic acids is 1. The number of nitrogens with zero attached hydrogens (tertiary/aromatic N) is 3. The number of thioether (sulfide) groups is 1. The molecule has 2 aromatic heterocycles.